The van der Waals surface area contributed by atoms with Gasteiger partial charge in [0.15, 0.2) is 17.0 Å². The minimum Gasteiger partial charge on any atom is -0.494 e. The highest BCUT2D eigenvalue weighted by molar-refractivity contribution is 6.30. The maximum atomic E-state index is 14.2. The minimum absolute atomic E-state index is 0.000748. The van der Waals surface area contributed by atoms with Gasteiger partial charge in [0.2, 0.25) is 5.88 Å². The standard InChI is InChI=1S/C28H26ClN7O3/c1-15(2)35-26-24(31-27(35)17-8-11-22(39-5)30-14-17)28(37)36(25(26)16-6-9-18(29)10-7-16)19-12-20-23(21(13-19)38-4)32-33-34(20)3/h6-15,25H,1-5H3/t25-/m1/s1. The summed E-state index contributed by atoms with van der Waals surface area (Å²) >= 11 is 6.25. The lowest BCUT2D eigenvalue weighted by Crippen LogP contribution is -2.30. The molecular weight excluding hydrogens is 518 g/mol. The number of ether oxygens (including phenoxy) is 2. The van der Waals surface area contributed by atoms with Crippen LogP contribution in [0.15, 0.2) is 54.7 Å². The van der Waals surface area contributed by atoms with Crippen molar-refractivity contribution < 1.29 is 14.3 Å². The second kappa shape index (κ2) is 9.39. The number of amides is 1. The average molecular weight is 544 g/mol. The van der Waals surface area contributed by atoms with Crippen molar-refractivity contribution in [3.8, 4) is 23.0 Å². The van der Waals surface area contributed by atoms with Gasteiger partial charge in [0.1, 0.15) is 11.9 Å². The van der Waals surface area contributed by atoms with Gasteiger partial charge in [-0.2, -0.15) is 0 Å². The highest BCUT2D eigenvalue weighted by atomic mass is 35.5. The van der Waals surface area contributed by atoms with Crippen LogP contribution in [0.5, 0.6) is 11.6 Å². The first kappa shape index (κ1) is 24.9. The first-order chi connectivity index (χ1) is 18.8. The fourth-order valence-electron chi connectivity index (χ4n) is 5.18. The van der Waals surface area contributed by atoms with E-state index in [4.69, 9.17) is 26.1 Å². The Hall–Kier alpha value is -4.44. The summed E-state index contributed by atoms with van der Waals surface area (Å²) < 4.78 is 14.6. The van der Waals surface area contributed by atoms with Gasteiger partial charge in [0, 0.05) is 42.0 Å². The number of hydrogen-bond donors (Lipinski definition) is 0. The Balaban J connectivity index is 1.59. The number of imidazole rings is 1. The van der Waals surface area contributed by atoms with Crippen LogP contribution < -0.4 is 14.4 Å². The molecule has 5 aromatic rings. The number of halogens is 1. The van der Waals surface area contributed by atoms with Crippen molar-refractivity contribution in [2.45, 2.75) is 25.9 Å². The fraction of sp³-hybridized carbons (Fsp3) is 0.250. The largest absolute Gasteiger partial charge is 0.494 e. The molecule has 1 amide bonds. The van der Waals surface area contributed by atoms with Gasteiger partial charge in [-0.25, -0.2) is 14.6 Å². The fourth-order valence-corrected chi connectivity index (χ4v) is 5.30. The Morgan fingerprint density at radius 3 is 2.44 bits per heavy atom. The number of fused-ring (bicyclic) bond motifs is 2. The normalized spacial score (nSPS) is 14.9. The van der Waals surface area contributed by atoms with Crippen LogP contribution in [0.1, 0.15) is 47.7 Å². The molecule has 0 aliphatic carbocycles. The Kier molecular flexibility index (Phi) is 5.99. The number of aryl methyl sites for hydroxylation is 1. The molecule has 4 heterocycles. The topological polar surface area (TPSA) is 100 Å². The van der Waals surface area contributed by atoms with Crippen molar-refractivity contribution in [3.63, 3.8) is 0 Å². The van der Waals surface area contributed by atoms with Crippen molar-refractivity contribution in [1.82, 2.24) is 29.5 Å². The second-order valence-electron chi connectivity index (χ2n) is 9.58. The summed E-state index contributed by atoms with van der Waals surface area (Å²) in [6.07, 6.45) is 1.71. The van der Waals surface area contributed by atoms with E-state index in [9.17, 15) is 4.79 Å². The smallest absolute Gasteiger partial charge is 0.279 e. The van der Waals surface area contributed by atoms with Gasteiger partial charge in [-0.3, -0.25) is 9.69 Å². The summed E-state index contributed by atoms with van der Waals surface area (Å²) in [7, 11) is 4.95. The maximum absolute atomic E-state index is 14.2. The van der Waals surface area contributed by atoms with E-state index in [-0.39, 0.29) is 11.9 Å². The van der Waals surface area contributed by atoms with Crippen molar-refractivity contribution in [1.29, 1.82) is 0 Å². The SMILES string of the molecule is COc1ccc(-c2nc3c(n2C(C)C)[C@@H](c2ccc(Cl)cc2)N(c2cc(OC)c4nnn(C)c4c2)C3=O)cn1. The van der Waals surface area contributed by atoms with Crippen molar-refractivity contribution in [2.75, 3.05) is 19.1 Å². The molecule has 10 nitrogen and oxygen atoms in total. The zero-order valence-corrected chi connectivity index (χ0v) is 22.8. The highest BCUT2D eigenvalue weighted by Crippen LogP contribution is 2.46. The highest BCUT2D eigenvalue weighted by Gasteiger charge is 2.45. The number of carbonyl (C=O) groups is 1. The van der Waals surface area contributed by atoms with Crippen molar-refractivity contribution in [3.05, 3.63) is 76.7 Å². The summed E-state index contributed by atoms with van der Waals surface area (Å²) in [6, 6.07) is 14.5. The lowest BCUT2D eigenvalue weighted by molar-refractivity contribution is 0.0989. The molecule has 0 fully saturated rings. The van der Waals surface area contributed by atoms with Gasteiger partial charge < -0.3 is 14.0 Å². The van der Waals surface area contributed by atoms with E-state index in [0.29, 0.717) is 39.4 Å². The van der Waals surface area contributed by atoms with E-state index in [1.54, 1.807) is 43.1 Å². The quantitative estimate of drug-likeness (QED) is 0.289. The Morgan fingerprint density at radius 2 is 1.79 bits per heavy atom. The van der Waals surface area contributed by atoms with Crippen LogP contribution >= 0.6 is 11.6 Å². The van der Waals surface area contributed by atoms with Crippen LogP contribution in [0.4, 0.5) is 5.69 Å². The molecule has 39 heavy (non-hydrogen) atoms. The zero-order valence-electron chi connectivity index (χ0n) is 22.1. The number of hydrogen-bond acceptors (Lipinski definition) is 7. The number of aromatic nitrogens is 6. The Bertz CT molecular complexity index is 1710. The molecule has 1 aliphatic heterocycles. The van der Waals surface area contributed by atoms with E-state index in [1.807, 2.05) is 42.5 Å². The van der Waals surface area contributed by atoms with Gasteiger partial charge in [-0.15, -0.1) is 5.10 Å². The third-order valence-electron chi connectivity index (χ3n) is 6.96. The number of benzene rings is 2. The van der Waals surface area contributed by atoms with E-state index < -0.39 is 6.04 Å². The molecule has 2 aromatic carbocycles. The number of pyridine rings is 1. The number of rotatable bonds is 6. The molecule has 0 saturated heterocycles. The van der Waals surface area contributed by atoms with Crippen LogP contribution in [0.25, 0.3) is 22.4 Å². The molecular formula is C28H26ClN7O3. The predicted octanol–water partition coefficient (Wildman–Crippen LogP) is 5.23. The lowest BCUT2D eigenvalue weighted by Gasteiger charge is -2.28. The summed E-state index contributed by atoms with van der Waals surface area (Å²) in [4.78, 5) is 25.3. The molecule has 1 atom stereocenters. The van der Waals surface area contributed by atoms with Gasteiger partial charge in [-0.1, -0.05) is 28.9 Å². The third kappa shape index (κ3) is 3.90. The van der Waals surface area contributed by atoms with Crippen LogP contribution in [0, 0.1) is 0 Å². The molecule has 0 bridgehead atoms. The zero-order chi connectivity index (χ0) is 27.4. The van der Waals surface area contributed by atoms with Crippen LogP contribution in [-0.2, 0) is 7.05 Å². The Labute approximate surface area is 229 Å². The number of carbonyl (C=O) groups excluding carboxylic acids is 1. The monoisotopic (exact) mass is 543 g/mol. The third-order valence-corrected chi connectivity index (χ3v) is 7.21. The van der Waals surface area contributed by atoms with Gasteiger partial charge in [-0.05, 0) is 43.7 Å². The molecule has 0 N–H and O–H groups in total. The van der Waals surface area contributed by atoms with Crippen LogP contribution in [-0.4, -0.2) is 49.7 Å². The number of anilines is 1. The molecule has 0 spiro atoms. The molecule has 0 radical (unpaired) electrons. The van der Waals surface area contributed by atoms with E-state index in [2.05, 4.69) is 33.7 Å². The maximum Gasteiger partial charge on any atom is 0.279 e. The molecule has 0 saturated carbocycles. The first-order valence-corrected chi connectivity index (χ1v) is 12.8. The van der Waals surface area contributed by atoms with Gasteiger partial charge >= 0.3 is 0 Å². The molecule has 3 aromatic heterocycles. The second-order valence-corrected chi connectivity index (χ2v) is 10.0. The van der Waals surface area contributed by atoms with Crippen molar-refractivity contribution >= 4 is 34.2 Å². The molecule has 11 heteroatoms. The van der Waals surface area contributed by atoms with Gasteiger partial charge in [0.05, 0.1) is 31.1 Å². The van der Waals surface area contributed by atoms with Gasteiger partial charge in [0.25, 0.3) is 5.91 Å². The molecule has 1 aliphatic rings. The van der Waals surface area contributed by atoms with E-state index >= 15 is 0 Å². The van der Waals surface area contributed by atoms with Crippen molar-refractivity contribution in [2.24, 2.45) is 7.05 Å². The molecule has 6 rings (SSSR count). The summed E-state index contributed by atoms with van der Waals surface area (Å²) in [5.41, 5.74) is 4.88. The van der Waals surface area contributed by atoms with E-state index in [1.165, 1.54) is 0 Å². The Morgan fingerprint density at radius 1 is 1.03 bits per heavy atom. The summed E-state index contributed by atoms with van der Waals surface area (Å²) in [6.45, 7) is 4.15. The summed E-state index contributed by atoms with van der Waals surface area (Å²) in [5.74, 6) is 1.48. The molecule has 0 unspecified atom stereocenters. The van der Waals surface area contributed by atoms with Crippen LogP contribution in [0.2, 0.25) is 5.02 Å². The minimum atomic E-state index is -0.469. The van der Waals surface area contributed by atoms with Crippen LogP contribution in [0.3, 0.4) is 0 Å². The predicted molar refractivity (Wildman–Crippen MR) is 148 cm³/mol. The van der Waals surface area contributed by atoms with E-state index in [0.717, 1.165) is 22.3 Å². The average Bonchev–Trinajstić information content (AvgIpc) is 3.60. The lowest BCUT2D eigenvalue weighted by atomic mass is 10.0. The number of nitrogens with zero attached hydrogens (tertiary/aromatic N) is 7. The first-order valence-electron chi connectivity index (χ1n) is 12.4. The molecule has 198 valence electrons. The summed E-state index contributed by atoms with van der Waals surface area (Å²) in [5, 5.41) is 8.98. The number of methoxy groups -OCH3 is 2.